The number of amides is 2. The highest BCUT2D eigenvalue weighted by atomic mass is 16.2. The molecule has 3 rings (SSSR count). The number of benzene rings is 1. The van der Waals surface area contributed by atoms with E-state index in [1.54, 1.807) is 0 Å². The zero-order valence-corrected chi connectivity index (χ0v) is 10.0. The summed E-state index contributed by atoms with van der Waals surface area (Å²) in [5.41, 5.74) is 3.12. The lowest BCUT2D eigenvalue weighted by Crippen LogP contribution is -2.35. The molecule has 1 N–H and O–H groups in total. The molecule has 1 aliphatic heterocycles. The van der Waals surface area contributed by atoms with Gasteiger partial charge in [0.15, 0.2) is 0 Å². The number of hydrogen-bond donors (Lipinski definition) is 1. The van der Waals surface area contributed by atoms with E-state index in [-0.39, 0.29) is 17.7 Å². The molecule has 1 saturated heterocycles. The quantitative estimate of drug-likeness (QED) is 0.683. The van der Waals surface area contributed by atoms with Crippen LogP contribution >= 0.6 is 0 Å². The van der Waals surface area contributed by atoms with Gasteiger partial charge in [0.25, 0.3) is 0 Å². The molecule has 0 aromatic heterocycles. The Hall–Kier alpha value is -1.64. The van der Waals surface area contributed by atoms with Gasteiger partial charge >= 0.3 is 0 Å². The van der Waals surface area contributed by atoms with Crippen LogP contribution in [0.15, 0.2) is 18.2 Å². The van der Waals surface area contributed by atoms with E-state index in [4.69, 9.17) is 0 Å². The van der Waals surface area contributed by atoms with Crippen LogP contribution in [0.1, 0.15) is 23.6 Å². The van der Waals surface area contributed by atoms with Crippen molar-refractivity contribution < 1.29 is 9.59 Å². The van der Waals surface area contributed by atoms with Crippen LogP contribution in [0.25, 0.3) is 0 Å². The molecular weight excluding hydrogens is 214 g/mol. The molecule has 2 amide bonds. The van der Waals surface area contributed by atoms with Crippen molar-refractivity contribution in [3.8, 4) is 0 Å². The average molecular weight is 229 g/mol. The zero-order valence-electron chi connectivity index (χ0n) is 10.0. The van der Waals surface area contributed by atoms with Gasteiger partial charge in [0, 0.05) is 0 Å². The Morgan fingerprint density at radius 3 is 2.59 bits per heavy atom. The normalized spacial score (nSPS) is 30.8. The van der Waals surface area contributed by atoms with E-state index in [9.17, 15) is 9.59 Å². The van der Waals surface area contributed by atoms with E-state index >= 15 is 0 Å². The Labute approximate surface area is 100 Å². The van der Waals surface area contributed by atoms with Crippen molar-refractivity contribution >= 4 is 11.8 Å². The van der Waals surface area contributed by atoms with Gasteiger partial charge in [0.2, 0.25) is 11.8 Å². The molecule has 88 valence electrons. The number of aryl methyl sites for hydroxylation is 1. The molecule has 3 nitrogen and oxygen atoms in total. The highest BCUT2D eigenvalue weighted by Crippen LogP contribution is 2.45. The molecule has 2 unspecified atom stereocenters. The molecule has 0 bridgehead atoms. The average Bonchev–Trinajstić information content (AvgIpc) is 2.74. The Balaban J connectivity index is 2.05. The fraction of sp³-hybridized carbons (Fsp3) is 0.429. The van der Waals surface area contributed by atoms with Crippen LogP contribution in [0.5, 0.6) is 0 Å². The van der Waals surface area contributed by atoms with Gasteiger partial charge < -0.3 is 0 Å². The number of nitrogens with one attached hydrogen (secondary N) is 1. The summed E-state index contributed by atoms with van der Waals surface area (Å²) in [4.78, 5) is 23.7. The van der Waals surface area contributed by atoms with E-state index in [1.165, 1.54) is 16.7 Å². The molecule has 1 aromatic carbocycles. The smallest absolute Gasteiger partial charge is 0.234 e. The third-order valence-electron chi connectivity index (χ3n) is 4.28. The monoisotopic (exact) mass is 229 g/mol. The minimum Gasteiger partial charge on any atom is -0.296 e. The summed E-state index contributed by atoms with van der Waals surface area (Å²) < 4.78 is 0. The molecule has 0 radical (unpaired) electrons. The van der Waals surface area contributed by atoms with Gasteiger partial charge in [-0.3, -0.25) is 14.9 Å². The van der Waals surface area contributed by atoms with Crippen molar-refractivity contribution in [1.82, 2.24) is 5.32 Å². The number of imide groups is 1. The van der Waals surface area contributed by atoms with Crippen LogP contribution < -0.4 is 5.32 Å². The van der Waals surface area contributed by atoms with Gasteiger partial charge in [-0.2, -0.15) is 0 Å². The molecule has 2 atom stereocenters. The van der Waals surface area contributed by atoms with Crippen molar-refractivity contribution in [3.05, 3.63) is 34.9 Å². The molecule has 1 aliphatic carbocycles. The summed E-state index contributed by atoms with van der Waals surface area (Å²) in [5, 5.41) is 2.47. The summed E-state index contributed by atoms with van der Waals surface area (Å²) >= 11 is 0. The maximum absolute atomic E-state index is 12.0. The molecule has 1 aromatic rings. The Kier molecular flexibility index (Phi) is 1.97. The molecule has 1 spiro atoms. The number of carbonyl (C=O) groups excluding carboxylic acids is 2. The first kappa shape index (κ1) is 10.5. The van der Waals surface area contributed by atoms with Crippen LogP contribution in [0, 0.1) is 18.3 Å². The Morgan fingerprint density at radius 2 is 1.94 bits per heavy atom. The summed E-state index contributed by atoms with van der Waals surface area (Å²) in [6, 6.07) is 6.28. The number of hydrogen-bond acceptors (Lipinski definition) is 2. The van der Waals surface area contributed by atoms with E-state index < -0.39 is 5.41 Å². The summed E-state index contributed by atoms with van der Waals surface area (Å²) in [6.07, 6.45) is 1.39. The van der Waals surface area contributed by atoms with Crippen molar-refractivity contribution in [2.75, 3.05) is 0 Å². The van der Waals surface area contributed by atoms with Gasteiger partial charge in [-0.15, -0.1) is 0 Å². The lowest BCUT2D eigenvalue weighted by molar-refractivity contribution is -0.128. The minimum absolute atomic E-state index is 0.0937. The first-order valence-corrected chi connectivity index (χ1v) is 5.97. The van der Waals surface area contributed by atoms with Gasteiger partial charge in [0.1, 0.15) is 0 Å². The Morgan fingerprint density at radius 1 is 1.24 bits per heavy atom. The predicted octanol–water partition coefficient (Wildman–Crippen LogP) is 1.37. The molecule has 0 saturated carbocycles. The summed E-state index contributed by atoms with van der Waals surface area (Å²) in [6.45, 7) is 3.91. The molecule has 17 heavy (non-hydrogen) atoms. The first-order chi connectivity index (χ1) is 8.03. The van der Waals surface area contributed by atoms with E-state index in [2.05, 4.69) is 30.4 Å². The van der Waals surface area contributed by atoms with Crippen LogP contribution in [-0.4, -0.2) is 11.8 Å². The third-order valence-corrected chi connectivity index (χ3v) is 4.28. The topological polar surface area (TPSA) is 46.2 Å². The predicted molar refractivity (Wildman–Crippen MR) is 63.3 cm³/mol. The molecule has 3 heteroatoms. The van der Waals surface area contributed by atoms with Gasteiger partial charge in [-0.05, 0) is 30.9 Å². The first-order valence-electron chi connectivity index (χ1n) is 5.97. The van der Waals surface area contributed by atoms with Crippen molar-refractivity contribution in [3.63, 3.8) is 0 Å². The third kappa shape index (κ3) is 1.28. The standard InChI is InChI=1S/C14H15NO2/c1-8-3-4-10-6-14(7-11(10)5-8)9(2)12(16)15-13(14)17/h3-5,9H,6-7H2,1-2H3,(H,15,16,17). The van der Waals surface area contributed by atoms with E-state index in [0.29, 0.717) is 12.8 Å². The lowest BCUT2D eigenvalue weighted by Gasteiger charge is -2.22. The second-order valence-corrected chi connectivity index (χ2v) is 5.32. The maximum Gasteiger partial charge on any atom is 0.234 e. The summed E-state index contributed by atoms with van der Waals surface area (Å²) in [5.74, 6) is -0.439. The van der Waals surface area contributed by atoms with Gasteiger partial charge in [-0.1, -0.05) is 30.7 Å². The van der Waals surface area contributed by atoms with Crippen molar-refractivity contribution in [2.45, 2.75) is 26.7 Å². The van der Waals surface area contributed by atoms with Crippen LogP contribution in [0.3, 0.4) is 0 Å². The molecule has 2 aliphatic rings. The maximum atomic E-state index is 12.0. The Bertz CT molecular complexity index is 535. The largest absolute Gasteiger partial charge is 0.296 e. The van der Waals surface area contributed by atoms with Gasteiger partial charge in [-0.25, -0.2) is 0 Å². The highest BCUT2D eigenvalue weighted by molar-refractivity contribution is 6.07. The van der Waals surface area contributed by atoms with Crippen LogP contribution in [0.2, 0.25) is 0 Å². The molecular formula is C14H15NO2. The van der Waals surface area contributed by atoms with Crippen LogP contribution in [-0.2, 0) is 22.4 Å². The molecule has 1 fully saturated rings. The van der Waals surface area contributed by atoms with Crippen molar-refractivity contribution in [2.24, 2.45) is 11.3 Å². The second kappa shape index (κ2) is 3.19. The zero-order chi connectivity index (χ0) is 12.2. The molecule has 1 heterocycles. The number of carbonyl (C=O) groups is 2. The lowest BCUT2D eigenvalue weighted by atomic mass is 9.75. The minimum atomic E-state index is -0.521. The SMILES string of the molecule is Cc1ccc2c(c1)CC1(C2)C(=O)NC(=O)C1C. The van der Waals surface area contributed by atoms with E-state index in [1.807, 2.05) is 6.92 Å². The van der Waals surface area contributed by atoms with Crippen LogP contribution in [0.4, 0.5) is 0 Å². The van der Waals surface area contributed by atoms with Crippen molar-refractivity contribution in [1.29, 1.82) is 0 Å². The number of fused-ring (bicyclic) bond motifs is 1. The highest BCUT2D eigenvalue weighted by Gasteiger charge is 2.55. The number of rotatable bonds is 0. The van der Waals surface area contributed by atoms with E-state index in [0.717, 1.165) is 0 Å². The van der Waals surface area contributed by atoms with Gasteiger partial charge in [0.05, 0.1) is 11.3 Å². The fourth-order valence-electron chi connectivity index (χ4n) is 3.09. The summed E-state index contributed by atoms with van der Waals surface area (Å²) in [7, 11) is 0. The second-order valence-electron chi connectivity index (χ2n) is 5.32. The fourth-order valence-corrected chi connectivity index (χ4v) is 3.09.